The third-order valence-electron chi connectivity index (χ3n) is 12.6. The van der Waals surface area contributed by atoms with Gasteiger partial charge in [0.1, 0.15) is 5.82 Å². The molecule has 11 rings (SSSR count). The highest BCUT2D eigenvalue weighted by Gasteiger charge is 2.23. The molecular weight excluding hydrogens is 689 g/mol. The zero-order chi connectivity index (χ0) is 37.9. The average Bonchev–Trinajstić information content (AvgIpc) is 3.66. The summed E-state index contributed by atoms with van der Waals surface area (Å²) in [5, 5.41) is 5.44. The van der Waals surface area contributed by atoms with E-state index in [1.165, 1.54) is 77.2 Å². The van der Waals surface area contributed by atoms with Gasteiger partial charge in [-0.05, 0) is 152 Å². The Morgan fingerprint density at radius 3 is 2.30 bits per heavy atom. The van der Waals surface area contributed by atoms with Crippen molar-refractivity contribution in [2.45, 2.75) is 45.4 Å². The van der Waals surface area contributed by atoms with E-state index in [1.807, 2.05) is 0 Å². The molecule has 0 saturated heterocycles. The van der Waals surface area contributed by atoms with Crippen LogP contribution in [-0.4, -0.2) is 9.55 Å². The maximum absolute atomic E-state index is 5.14. The van der Waals surface area contributed by atoms with Crippen LogP contribution in [0.3, 0.4) is 0 Å². The van der Waals surface area contributed by atoms with E-state index in [2.05, 4.69) is 181 Å². The van der Waals surface area contributed by atoms with Crippen molar-refractivity contribution in [3.05, 3.63) is 203 Å². The number of imidazole rings is 1. The minimum atomic E-state index is 0.570. The van der Waals surface area contributed by atoms with Gasteiger partial charge < -0.3 is 0 Å². The summed E-state index contributed by atoms with van der Waals surface area (Å²) >= 11 is 0. The van der Waals surface area contributed by atoms with Crippen molar-refractivity contribution in [3.8, 4) is 28.2 Å². The largest absolute Gasteiger partial charge is 0.292 e. The predicted octanol–water partition coefficient (Wildman–Crippen LogP) is 14.3. The zero-order valence-corrected chi connectivity index (χ0v) is 32.4. The van der Waals surface area contributed by atoms with Crippen molar-refractivity contribution in [2.24, 2.45) is 5.92 Å². The summed E-state index contributed by atoms with van der Waals surface area (Å²) in [4.78, 5) is 5.14. The van der Waals surface area contributed by atoms with Gasteiger partial charge in [-0.2, -0.15) is 0 Å². The maximum Gasteiger partial charge on any atom is 0.145 e. The lowest BCUT2D eigenvalue weighted by Crippen LogP contribution is -2.06. The topological polar surface area (TPSA) is 17.8 Å². The number of aromatic nitrogens is 2. The molecular formula is C55H44N2. The predicted molar refractivity (Wildman–Crippen MR) is 241 cm³/mol. The Labute approximate surface area is 334 Å². The minimum absolute atomic E-state index is 0.570. The molecule has 1 aromatic heterocycles. The average molecular weight is 733 g/mol. The van der Waals surface area contributed by atoms with Gasteiger partial charge in [-0.1, -0.05) is 146 Å². The molecule has 3 aliphatic rings. The fourth-order valence-corrected chi connectivity index (χ4v) is 9.73. The van der Waals surface area contributed by atoms with E-state index in [-0.39, 0.29) is 0 Å². The van der Waals surface area contributed by atoms with Crippen molar-refractivity contribution in [1.29, 1.82) is 0 Å². The van der Waals surface area contributed by atoms with Crippen molar-refractivity contribution in [1.82, 2.24) is 9.55 Å². The van der Waals surface area contributed by atoms with Crippen LogP contribution in [0.25, 0.3) is 72.4 Å². The third-order valence-corrected chi connectivity index (χ3v) is 12.6. The van der Waals surface area contributed by atoms with E-state index in [0.717, 1.165) is 66.6 Å². The highest BCUT2D eigenvalue weighted by Crippen LogP contribution is 2.45. The number of nitrogens with zero attached hydrogens (tertiary/aromatic N) is 2. The Balaban J connectivity index is 1.07. The third kappa shape index (κ3) is 5.99. The van der Waals surface area contributed by atoms with Gasteiger partial charge in [0.2, 0.25) is 0 Å². The van der Waals surface area contributed by atoms with Crippen LogP contribution >= 0.6 is 0 Å². The standard InChI is InChI=1S/C55H44N2/c1-36-19-21-40-25-28-44(34-45(40)31-36)54-49-16-8-7-15-47(49)50(33-37-20-22-38-11-5-6-12-42(38)32-37)48-30-29-43(35-51(48)54)39-23-26-41(27-24-39)55-56-52-17-9-10-18-53(52)57(55)46-13-3-2-4-14-46/h2-5,7-11,13-24,26-27,29-30,32,34-36H,6,12,25,28,31,33H2,1H3. The highest BCUT2D eigenvalue weighted by atomic mass is 15.1. The number of aryl methyl sites for hydroxylation is 1. The molecule has 3 aliphatic carbocycles. The van der Waals surface area contributed by atoms with Crippen molar-refractivity contribution in [2.75, 3.05) is 0 Å². The second kappa shape index (κ2) is 13.9. The molecule has 0 N–H and O–H groups in total. The SMILES string of the molecule is CC1C=CC2=C(C=C(c3c4ccccc4c(Cc4ccc5c(c4)CCC=C5)c4ccc(-c5ccc(-c6nc7ccccc7n6-c6ccccc6)cc5)cc34)CC2)C1. The number of allylic oxidation sites excluding steroid dienone is 7. The van der Waals surface area contributed by atoms with Crippen LogP contribution in [0.1, 0.15) is 60.4 Å². The van der Waals surface area contributed by atoms with E-state index in [1.54, 1.807) is 0 Å². The molecule has 57 heavy (non-hydrogen) atoms. The number of hydrogen-bond acceptors (Lipinski definition) is 1. The summed E-state index contributed by atoms with van der Waals surface area (Å²) in [7, 11) is 0. The van der Waals surface area contributed by atoms with E-state index < -0.39 is 0 Å². The second-order valence-electron chi connectivity index (χ2n) is 16.2. The molecule has 0 fully saturated rings. The molecule has 2 heteroatoms. The molecule has 1 heterocycles. The molecule has 0 spiro atoms. The molecule has 2 nitrogen and oxygen atoms in total. The van der Waals surface area contributed by atoms with E-state index in [9.17, 15) is 0 Å². The zero-order valence-electron chi connectivity index (χ0n) is 32.4. The fourth-order valence-electron chi connectivity index (χ4n) is 9.73. The lowest BCUT2D eigenvalue weighted by Gasteiger charge is -2.26. The van der Waals surface area contributed by atoms with Crippen molar-refractivity contribution < 1.29 is 0 Å². The minimum Gasteiger partial charge on any atom is -0.292 e. The van der Waals surface area contributed by atoms with E-state index in [4.69, 9.17) is 4.98 Å². The Hall–Kier alpha value is -6.51. The lowest BCUT2D eigenvalue weighted by atomic mass is 9.78. The first kappa shape index (κ1) is 33.8. The smallest absolute Gasteiger partial charge is 0.145 e. The van der Waals surface area contributed by atoms with Gasteiger partial charge in [0, 0.05) is 11.3 Å². The van der Waals surface area contributed by atoms with Crippen LogP contribution in [0.15, 0.2) is 175 Å². The van der Waals surface area contributed by atoms with E-state index >= 15 is 0 Å². The van der Waals surface area contributed by atoms with Crippen molar-refractivity contribution in [3.63, 3.8) is 0 Å². The van der Waals surface area contributed by atoms with Crippen LogP contribution in [0.2, 0.25) is 0 Å². The molecule has 0 amide bonds. The highest BCUT2D eigenvalue weighted by molar-refractivity contribution is 6.13. The normalized spacial score (nSPS) is 16.3. The molecule has 8 aromatic rings. The van der Waals surface area contributed by atoms with Gasteiger partial charge >= 0.3 is 0 Å². The van der Waals surface area contributed by atoms with Crippen LogP contribution < -0.4 is 0 Å². The number of hydrogen-bond donors (Lipinski definition) is 0. The van der Waals surface area contributed by atoms with Crippen molar-refractivity contribution >= 4 is 44.2 Å². The Morgan fingerprint density at radius 2 is 1.40 bits per heavy atom. The van der Waals surface area contributed by atoms with Gasteiger partial charge in [-0.3, -0.25) is 4.57 Å². The summed E-state index contributed by atoms with van der Waals surface area (Å²) in [6.45, 7) is 2.34. The van der Waals surface area contributed by atoms with Crippen LogP contribution in [0.5, 0.6) is 0 Å². The summed E-state index contributed by atoms with van der Waals surface area (Å²) in [5.74, 6) is 1.52. The van der Waals surface area contributed by atoms with Crippen LogP contribution in [0.4, 0.5) is 0 Å². The molecule has 0 aliphatic heterocycles. The molecule has 7 aromatic carbocycles. The quantitative estimate of drug-likeness (QED) is 0.156. The first-order valence-electron chi connectivity index (χ1n) is 20.7. The van der Waals surface area contributed by atoms with Gasteiger partial charge in [-0.15, -0.1) is 0 Å². The molecule has 274 valence electrons. The number of benzene rings is 7. The van der Waals surface area contributed by atoms with Gasteiger partial charge in [0.25, 0.3) is 0 Å². The van der Waals surface area contributed by atoms with Crippen LogP contribution in [-0.2, 0) is 12.8 Å². The van der Waals surface area contributed by atoms with Gasteiger partial charge in [0.15, 0.2) is 0 Å². The second-order valence-corrected chi connectivity index (χ2v) is 16.2. The maximum atomic E-state index is 5.14. The Bertz CT molecular complexity index is 3000. The lowest BCUT2D eigenvalue weighted by molar-refractivity contribution is 0.700. The Morgan fingerprint density at radius 1 is 0.632 bits per heavy atom. The van der Waals surface area contributed by atoms with Gasteiger partial charge in [-0.25, -0.2) is 4.98 Å². The summed E-state index contributed by atoms with van der Waals surface area (Å²) < 4.78 is 2.28. The number of para-hydroxylation sites is 3. The first-order valence-corrected chi connectivity index (χ1v) is 20.7. The van der Waals surface area contributed by atoms with E-state index in [0.29, 0.717) is 5.92 Å². The molecule has 1 atom stereocenters. The number of rotatable bonds is 6. The fraction of sp³-hybridized carbons (Fsp3) is 0.145. The first-order chi connectivity index (χ1) is 28.1. The molecule has 0 radical (unpaired) electrons. The molecule has 1 unspecified atom stereocenters. The summed E-state index contributed by atoms with van der Waals surface area (Å²) in [6, 6.07) is 51.6. The van der Waals surface area contributed by atoms with Gasteiger partial charge in [0.05, 0.1) is 11.0 Å². The number of fused-ring (bicyclic) bond motifs is 4. The summed E-state index contributed by atoms with van der Waals surface area (Å²) in [5.41, 5.74) is 18.3. The molecule has 0 bridgehead atoms. The molecule has 0 saturated carbocycles. The summed E-state index contributed by atoms with van der Waals surface area (Å²) in [6.07, 6.45) is 18.3. The Kier molecular flexibility index (Phi) is 8.24. The monoisotopic (exact) mass is 732 g/mol. The van der Waals surface area contributed by atoms with Crippen LogP contribution in [0, 0.1) is 5.92 Å².